The van der Waals surface area contributed by atoms with Crippen molar-refractivity contribution >= 4 is 35.6 Å². The van der Waals surface area contributed by atoms with Gasteiger partial charge in [0, 0.05) is 36.8 Å². The topological polar surface area (TPSA) is 80.9 Å². The van der Waals surface area contributed by atoms with Crippen molar-refractivity contribution in [3.63, 3.8) is 0 Å². The number of halogens is 1. The van der Waals surface area contributed by atoms with Crippen molar-refractivity contribution in [2.24, 2.45) is 4.99 Å². The van der Waals surface area contributed by atoms with Gasteiger partial charge in [0.25, 0.3) is 0 Å². The summed E-state index contributed by atoms with van der Waals surface area (Å²) >= 11 is 0. The summed E-state index contributed by atoms with van der Waals surface area (Å²) in [5.74, 6) is 3.21. The average Bonchev–Trinajstić information content (AvgIpc) is 2.85. The van der Waals surface area contributed by atoms with Gasteiger partial charge in [0.1, 0.15) is 5.76 Å². The minimum absolute atomic E-state index is 0. The molecule has 1 aliphatic heterocycles. The predicted molar refractivity (Wildman–Crippen MR) is 121 cm³/mol. The highest BCUT2D eigenvalue weighted by Gasteiger charge is 2.11. The van der Waals surface area contributed by atoms with Gasteiger partial charge in [0.2, 0.25) is 0 Å². The molecule has 0 saturated heterocycles. The lowest BCUT2D eigenvalue weighted by atomic mass is 10.1. The first-order valence-corrected chi connectivity index (χ1v) is 9.54. The van der Waals surface area contributed by atoms with Gasteiger partial charge in [-0.2, -0.15) is 0 Å². The summed E-state index contributed by atoms with van der Waals surface area (Å²) in [7, 11) is 0. The number of nitrogens with one attached hydrogen (secondary N) is 2. The zero-order valence-electron chi connectivity index (χ0n) is 16.7. The number of anilines is 1. The molecule has 7 nitrogen and oxygen atoms in total. The van der Waals surface area contributed by atoms with Crippen LogP contribution in [0, 0.1) is 13.8 Å². The van der Waals surface area contributed by atoms with E-state index in [1.807, 2.05) is 32.0 Å². The predicted octanol–water partition coefficient (Wildman–Crippen LogP) is 4.08. The molecule has 0 saturated carbocycles. The van der Waals surface area contributed by atoms with Gasteiger partial charge in [-0.25, -0.2) is 0 Å². The fourth-order valence-electron chi connectivity index (χ4n) is 2.99. The molecule has 1 aliphatic rings. The number of benzene rings is 1. The summed E-state index contributed by atoms with van der Waals surface area (Å²) in [6.07, 6.45) is 2.74. The third kappa shape index (κ3) is 6.02. The normalized spacial score (nSPS) is 13.5. The van der Waals surface area contributed by atoms with Crippen LogP contribution >= 0.6 is 24.0 Å². The Bertz CT molecular complexity index is 772. The van der Waals surface area contributed by atoms with E-state index in [1.165, 1.54) is 5.56 Å². The molecule has 0 aliphatic carbocycles. The fourth-order valence-corrected chi connectivity index (χ4v) is 2.99. The number of aromatic nitrogens is 1. The molecule has 28 heavy (non-hydrogen) atoms. The first-order valence-electron chi connectivity index (χ1n) is 9.54. The minimum Gasteiger partial charge on any atom is -0.490 e. The van der Waals surface area contributed by atoms with Crippen molar-refractivity contribution in [1.29, 1.82) is 0 Å². The van der Waals surface area contributed by atoms with Crippen LogP contribution in [0.1, 0.15) is 36.8 Å². The Morgan fingerprint density at radius 3 is 2.68 bits per heavy atom. The lowest BCUT2D eigenvalue weighted by Crippen LogP contribution is -2.30. The second kappa shape index (κ2) is 11.1. The first kappa shape index (κ1) is 22.3. The van der Waals surface area contributed by atoms with Crippen molar-refractivity contribution in [2.45, 2.75) is 40.0 Å². The van der Waals surface area contributed by atoms with E-state index in [2.05, 4.69) is 27.7 Å². The quantitative estimate of drug-likeness (QED) is 0.269. The average molecular weight is 500 g/mol. The van der Waals surface area contributed by atoms with Crippen LogP contribution in [0.3, 0.4) is 0 Å². The smallest absolute Gasteiger partial charge is 0.195 e. The zero-order valence-corrected chi connectivity index (χ0v) is 19.0. The molecule has 0 spiro atoms. The van der Waals surface area contributed by atoms with Crippen LogP contribution in [0.2, 0.25) is 0 Å². The first-order chi connectivity index (χ1) is 13.2. The van der Waals surface area contributed by atoms with Crippen molar-refractivity contribution < 1.29 is 14.0 Å². The van der Waals surface area contributed by atoms with Crippen molar-refractivity contribution in [3.8, 4) is 11.5 Å². The molecular formula is C20H29IN4O3. The zero-order chi connectivity index (χ0) is 19.1. The monoisotopic (exact) mass is 500 g/mol. The minimum atomic E-state index is 0. The highest BCUT2D eigenvalue weighted by atomic mass is 127. The molecule has 8 heteroatoms. The second-order valence-corrected chi connectivity index (χ2v) is 6.50. The summed E-state index contributed by atoms with van der Waals surface area (Å²) in [5.41, 5.74) is 3.07. The van der Waals surface area contributed by atoms with Crippen molar-refractivity contribution in [3.05, 3.63) is 35.2 Å². The number of aryl methyl sites for hydroxylation is 2. The number of ether oxygens (including phenoxy) is 2. The second-order valence-electron chi connectivity index (χ2n) is 6.50. The molecule has 0 unspecified atom stereocenters. The number of aliphatic imine (C=N–C) groups is 1. The van der Waals surface area contributed by atoms with Crippen LogP contribution < -0.4 is 20.1 Å². The van der Waals surface area contributed by atoms with Crippen LogP contribution in [-0.2, 0) is 6.42 Å². The molecule has 0 amide bonds. The Balaban J connectivity index is 0.00000280. The van der Waals surface area contributed by atoms with E-state index in [4.69, 9.17) is 14.0 Å². The Labute approximate surface area is 183 Å². The SMILES string of the molecule is CCNC(=NCCCc1c(C)noc1C)Nc1ccc2c(c1)OCCCO2.I. The van der Waals surface area contributed by atoms with Gasteiger partial charge in [-0.05, 0) is 45.7 Å². The number of fused-ring (bicyclic) bond motifs is 1. The maximum absolute atomic E-state index is 5.75. The molecule has 0 radical (unpaired) electrons. The van der Waals surface area contributed by atoms with E-state index in [9.17, 15) is 0 Å². The third-order valence-corrected chi connectivity index (χ3v) is 4.39. The molecular weight excluding hydrogens is 471 g/mol. The van der Waals surface area contributed by atoms with Crippen molar-refractivity contribution in [1.82, 2.24) is 10.5 Å². The lowest BCUT2D eigenvalue weighted by molar-refractivity contribution is 0.297. The number of nitrogens with zero attached hydrogens (tertiary/aromatic N) is 2. The maximum Gasteiger partial charge on any atom is 0.195 e. The summed E-state index contributed by atoms with van der Waals surface area (Å²) < 4.78 is 16.6. The highest BCUT2D eigenvalue weighted by molar-refractivity contribution is 14.0. The van der Waals surface area contributed by atoms with E-state index in [0.717, 1.165) is 60.4 Å². The number of hydrogen-bond acceptors (Lipinski definition) is 5. The molecule has 1 aromatic heterocycles. The summed E-state index contributed by atoms with van der Waals surface area (Å²) in [5, 5.41) is 10.6. The molecule has 2 heterocycles. The van der Waals surface area contributed by atoms with E-state index < -0.39 is 0 Å². The Morgan fingerprint density at radius 1 is 1.18 bits per heavy atom. The summed E-state index contributed by atoms with van der Waals surface area (Å²) in [4.78, 5) is 4.67. The number of hydrogen-bond donors (Lipinski definition) is 2. The van der Waals surface area contributed by atoms with Gasteiger partial charge < -0.3 is 24.6 Å². The standard InChI is InChI=1S/C20H28N4O3.HI/c1-4-21-20(22-10-5-7-17-14(2)24-27-15(17)3)23-16-8-9-18-19(13-16)26-12-6-11-25-18;/h8-9,13H,4-7,10-12H2,1-3H3,(H2,21,22,23);1H. The number of guanidine groups is 1. The Kier molecular flexibility index (Phi) is 8.88. The van der Waals surface area contributed by atoms with Crippen LogP contribution in [0.4, 0.5) is 5.69 Å². The Hall–Kier alpha value is -1.97. The van der Waals surface area contributed by atoms with E-state index in [1.54, 1.807) is 0 Å². The van der Waals surface area contributed by atoms with E-state index >= 15 is 0 Å². The molecule has 1 aromatic carbocycles. The van der Waals surface area contributed by atoms with Crippen LogP contribution in [0.25, 0.3) is 0 Å². The highest BCUT2D eigenvalue weighted by Crippen LogP contribution is 2.32. The third-order valence-electron chi connectivity index (χ3n) is 4.39. The fraction of sp³-hybridized carbons (Fsp3) is 0.500. The molecule has 2 N–H and O–H groups in total. The van der Waals surface area contributed by atoms with Gasteiger partial charge >= 0.3 is 0 Å². The van der Waals surface area contributed by atoms with Gasteiger partial charge in [0.05, 0.1) is 18.9 Å². The van der Waals surface area contributed by atoms with Gasteiger partial charge in [0.15, 0.2) is 17.5 Å². The van der Waals surface area contributed by atoms with Crippen LogP contribution in [0.15, 0.2) is 27.7 Å². The van der Waals surface area contributed by atoms with E-state index in [-0.39, 0.29) is 24.0 Å². The van der Waals surface area contributed by atoms with Crippen molar-refractivity contribution in [2.75, 3.05) is 31.6 Å². The lowest BCUT2D eigenvalue weighted by Gasteiger charge is -2.13. The molecule has 0 atom stereocenters. The number of rotatable bonds is 6. The molecule has 0 bridgehead atoms. The van der Waals surface area contributed by atoms with E-state index in [0.29, 0.717) is 19.8 Å². The van der Waals surface area contributed by atoms with Gasteiger partial charge in [-0.3, -0.25) is 4.99 Å². The molecule has 0 fully saturated rings. The molecule has 154 valence electrons. The molecule has 2 aromatic rings. The summed E-state index contributed by atoms with van der Waals surface area (Å²) in [6.45, 7) is 8.85. The van der Waals surface area contributed by atoms with Gasteiger partial charge in [-0.15, -0.1) is 24.0 Å². The largest absolute Gasteiger partial charge is 0.490 e. The maximum atomic E-state index is 5.75. The van der Waals surface area contributed by atoms with Gasteiger partial charge in [-0.1, -0.05) is 5.16 Å². The summed E-state index contributed by atoms with van der Waals surface area (Å²) in [6, 6.07) is 5.87. The van der Waals surface area contributed by atoms with Crippen LogP contribution in [-0.4, -0.2) is 37.4 Å². The molecule has 3 rings (SSSR count). The van der Waals surface area contributed by atoms with Crippen LogP contribution in [0.5, 0.6) is 11.5 Å². The Morgan fingerprint density at radius 2 is 1.96 bits per heavy atom.